The average molecular weight is 323 g/mol. The number of rotatable bonds is 4. The maximum Gasteiger partial charge on any atom is 0.255 e. The van der Waals surface area contributed by atoms with Gasteiger partial charge in [-0.25, -0.2) is 8.42 Å². The summed E-state index contributed by atoms with van der Waals surface area (Å²) < 4.78 is 42.2. The van der Waals surface area contributed by atoms with Crippen LogP contribution in [0.3, 0.4) is 0 Å². The summed E-state index contributed by atoms with van der Waals surface area (Å²) in [7, 11) is -3.71. The Bertz CT molecular complexity index is 479. The van der Waals surface area contributed by atoms with Crippen molar-refractivity contribution in [3.63, 3.8) is 0 Å². The van der Waals surface area contributed by atoms with Gasteiger partial charge in [0.2, 0.25) is 0 Å². The summed E-state index contributed by atoms with van der Waals surface area (Å²) in [5.74, 6) is 2.05. The third kappa shape index (κ3) is 8.36. The molecule has 1 aromatic carbocycles. The Morgan fingerprint density at radius 2 is 1.80 bits per heavy atom. The van der Waals surface area contributed by atoms with Gasteiger partial charge in [0.1, 0.15) is 5.75 Å². The van der Waals surface area contributed by atoms with Crippen LogP contribution in [0.1, 0.15) is 18.4 Å². The van der Waals surface area contributed by atoms with Crippen LogP contribution >= 0.6 is 11.9 Å². The fraction of sp³-hybridized carbons (Fsp3) is 0.500. The van der Waals surface area contributed by atoms with E-state index in [-0.39, 0.29) is 0 Å². The van der Waals surface area contributed by atoms with Crippen molar-refractivity contribution in [1.82, 2.24) is 0 Å². The van der Waals surface area contributed by atoms with E-state index in [9.17, 15) is 3.89 Å². The summed E-state index contributed by atoms with van der Waals surface area (Å²) in [6.45, 7) is 2.67. The van der Waals surface area contributed by atoms with Gasteiger partial charge in [-0.2, -0.15) is 0 Å². The Balaban J connectivity index is 0.000000347. The van der Waals surface area contributed by atoms with Gasteiger partial charge in [-0.05, 0) is 17.7 Å². The molecule has 20 heavy (non-hydrogen) atoms. The lowest BCUT2D eigenvalue weighted by molar-refractivity contribution is -0.739. The predicted octanol–water partition coefficient (Wildman–Crippen LogP) is 0.938. The number of hydrogen-bond acceptors (Lipinski definition) is 5. The Morgan fingerprint density at radius 1 is 1.30 bits per heavy atom. The molecule has 0 amide bonds. The molecule has 114 valence electrons. The van der Waals surface area contributed by atoms with Crippen LogP contribution in [0.2, 0.25) is 0 Å². The van der Waals surface area contributed by atoms with Crippen molar-refractivity contribution >= 4 is 22.5 Å². The van der Waals surface area contributed by atoms with Gasteiger partial charge in [0.25, 0.3) is 10.5 Å². The van der Waals surface area contributed by atoms with Crippen LogP contribution in [-0.4, -0.2) is 33.2 Å². The number of benzene rings is 1. The molecule has 1 aromatic rings. The molecule has 1 heterocycles. The normalized spacial score (nSPS) is 15.6. The lowest BCUT2D eigenvalue weighted by Crippen LogP contribution is -3.03. The highest BCUT2D eigenvalue weighted by atomic mass is 32.3. The van der Waals surface area contributed by atoms with Crippen LogP contribution in [-0.2, 0) is 16.3 Å². The molecule has 1 aliphatic rings. The van der Waals surface area contributed by atoms with Crippen LogP contribution in [0.25, 0.3) is 0 Å². The van der Waals surface area contributed by atoms with E-state index >= 15 is 0 Å². The lowest BCUT2D eigenvalue weighted by atomic mass is 10.2. The quantitative estimate of drug-likeness (QED) is 0.507. The highest BCUT2D eigenvalue weighted by Gasteiger charge is 2.16. The summed E-state index contributed by atoms with van der Waals surface area (Å²) in [6.07, 6.45) is 2.79. The third-order valence-electron chi connectivity index (χ3n) is 2.76. The van der Waals surface area contributed by atoms with Crippen molar-refractivity contribution in [3.05, 3.63) is 29.8 Å². The second-order valence-corrected chi connectivity index (χ2v) is 6.22. The topological polar surface area (TPSA) is 70.9 Å². The molecular weight excluding hydrogens is 305 g/mol. The number of methoxy groups -OCH3 is 1. The maximum absolute atomic E-state index is 10.1. The number of hydrogen-bond donors (Lipinski definition) is 1. The standard InChI is InChI=1S/C12H17NOS.FHO3S/c1-14-12-6-4-11(5-7-12)10-15-13-8-2-3-9-13;1-5(2,3)4/h4-7H,2-3,8-10H2,1H3;(H,2,3,4). The minimum atomic E-state index is -5.42. The zero-order valence-electron chi connectivity index (χ0n) is 11.2. The van der Waals surface area contributed by atoms with Gasteiger partial charge in [-0.15, -0.1) is 3.89 Å². The highest BCUT2D eigenvalue weighted by Crippen LogP contribution is 2.14. The smallest absolute Gasteiger partial charge is 0.255 e. The molecule has 0 aromatic heterocycles. The molecule has 1 N–H and O–H groups in total. The second-order valence-electron chi connectivity index (χ2n) is 4.28. The van der Waals surface area contributed by atoms with Gasteiger partial charge in [-0.3, -0.25) is 4.31 Å². The fourth-order valence-corrected chi connectivity index (χ4v) is 2.96. The summed E-state index contributed by atoms with van der Waals surface area (Å²) in [4.78, 5) is 0. The molecule has 1 fully saturated rings. The van der Waals surface area contributed by atoms with Crippen molar-refractivity contribution in [3.8, 4) is 5.75 Å². The Labute approximate surface area is 123 Å². The maximum atomic E-state index is 10.1. The molecule has 1 saturated heterocycles. The molecule has 0 radical (unpaired) electrons. The second kappa shape index (κ2) is 8.46. The number of halogens is 1. The summed E-state index contributed by atoms with van der Waals surface area (Å²) >= 11 is 2.03. The Morgan fingerprint density at radius 3 is 2.25 bits per heavy atom. The molecule has 0 unspecified atom stereocenters. The Hall–Kier alpha value is -0.830. The van der Waals surface area contributed by atoms with Gasteiger partial charge in [-0.1, -0.05) is 12.1 Å². The largest absolute Gasteiger partial charge is 0.722 e. The average Bonchev–Trinajstić information content (AvgIpc) is 2.88. The van der Waals surface area contributed by atoms with Crippen LogP contribution in [0.4, 0.5) is 3.89 Å². The van der Waals surface area contributed by atoms with E-state index in [1.165, 1.54) is 31.5 Å². The van der Waals surface area contributed by atoms with Crippen molar-refractivity contribution in [2.45, 2.75) is 18.6 Å². The molecule has 1 aliphatic heterocycles. The fourth-order valence-electron chi connectivity index (χ4n) is 1.82. The molecule has 8 heteroatoms. The predicted molar refractivity (Wildman–Crippen MR) is 75.0 cm³/mol. The summed E-state index contributed by atoms with van der Waals surface area (Å²) in [6, 6.07) is 8.38. The van der Waals surface area contributed by atoms with E-state index in [0.29, 0.717) is 0 Å². The van der Waals surface area contributed by atoms with Crippen molar-refractivity contribution < 1.29 is 25.9 Å². The minimum Gasteiger partial charge on any atom is -0.722 e. The van der Waals surface area contributed by atoms with Crippen LogP contribution in [0, 0.1) is 0 Å². The molecule has 0 bridgehead atoms. The molecule has 0 aliphatic carbocycles. The van der Waals surface area contributed by atoms with E-state index in [1.807, 2.05) is 24.1 Å². The monoisotopic (exact) mass is 323 g/mol. The first-order valence-corrected chi connectivity index (χ1v) is 8.44. The highest BCUT2D eigenvalue weighted by molar-refractivity contribution is 7.92. The first-order chi connectivity index (χ1) is 9.38. The number of ether oxygens (including phenoxy) is 1. The Kier molecular flexibility index (Phi) is 7.28. The summed E-state index contributed by atoms with van der Waals surface area (Å²) in [5.41, 5.74) is 1.39. The minimum absolute atomic E-state index is 0.942. The van der Waals surface area contributed by atoms with Crippen LogP contribution in [0.5, 0.6) is 5.75 Å². The molecule has 0 atom stereocenters. The van der Waals surface area contributed by atoms with Gasteiger partial charge in [0.15, 0.2) is 0 Å². The zero-order valence-corrected chi connectivity index (χ0v) is 12.8. The van der Waals surface area contributed by atoms with Gasteiger partial charge in [0, 0.05) is 12.8 Å². The van der Waals surface area contributed by atoms with Gasteiger partial charge < -0.3 is 9.29 Å². The first-order valence-electron chi connectivity index (χ1n) is 6.14. The van der Waals surface area contributed by atoms with E-state index in [1.54, 1.807) is 11.4 Å². The van der Waals surface area contributed by atoms with E-state index < -0.39 is 10.5 Å². The van der Waals surface area contributed by atoms with Crippen LogP contribution < -0.4 is 9.04 Å². The van der Waals surface area contributed by atoms with Gasteiger partial charge in [0.05, 0.1) is 37.9 Å². The molecular formula is C12H18FNO4S2. The summed E-state index contributed by atoms with van der Waals surface area (Å²) in [5, 5.41) is 0. The molecule has 2 rings (SSSR count). The van der Waals surface area contributed by atoms with Crippen molar-refractivity contribution in [2.24, 2.45) is 0 Å². The molecule has 0 saturated carbocycles. The zero-order chi connectivity index (χ0) is 15.0. The molecule has 0 spiro atoms. The van der Waals surface area contributed by atoms with Gasteiger partial charge >= 0.3 is 0 Å². The molecule has 5 nitrogen and oxygen atoms in total. The number of nitrogens with one attached hydrogen (secondary N) is 1. The van der Waals surface area contributed by atoms with E-state index in [4.69, 9.17) is 17.7 Å². The van der Waals surface area contributed by atoms with Crippen LogP contribution in [0.15, 0.2) is 24.3 Å². The number of quaternary nitrogens is 1. The third-order valence-corrected chi connectivity index (χ3v) is 4.06. The first kappa shape index (κ1) is 17.2. The lowest BCUT2D eigenvalue weighted by Gasteiger charge is -2.09. The van der Waals surface area contributed by atoms with E-state index in [2.05, 4.69) is 12.1 Å². The van der Waals surface area contributed by atoms with Crippen molar-refractivity contribution in [2.75, 3.05) is 20.2 Å². The SMILES string of the molecule is COc1ccc(CS[NH+]2CCCC2)cc1.O=S(=O)([O-])F. The van der Waals surface area contributed by atoms with Crippen molar-refractivity contribution in [1.29, 1.82) is 0 Å². The van der Waals surface area contributed by atoms with E-state index in [0.717, 1.165) is 11.5 Å².